The van der Waals surface area contributed by atoms with Crippen molar-refractivity contribution in [2.75, 3.05) is 6.54 Å². The number of aliphatic hydroxyl groups is 1. The zero-order chi connectivity index (χ0) is 14.3. The van der Waals surface area contributed by atoms with Gasteiger partial charge in [0.1, 0.15) is 5.82 Å². The van der Waals surface area contributed by atoms with E-state index >= 15 is 0 Å². The van der Waals surface area contributed by atoms with Crippen LogP contribution in [0.2, 0.25) is 0 Å². The normalized spacial score (nSPS) is 14.6. The van der Waals surface area contributed by atoms with Gasteiger partial charge < -0.3 is 10.4 Å². The van der Waals surface area contributed by atoms with Crippen molar-refractivity contribution >= 4 is 0 Å². The fourth-order valence-corrected chi connectivity index (χ4v) is 1.99. The minimum atomic E-state index is -0.233. The number of nitrogens with one attached hydrogen (secondary N) is 1. The highest BCUT2D eigenvalue weighted by atomic mass is 19.1. The van der Waals surface area contributed by atoms with Crippen molar-refractivity contribution in [3.8, 4) is 0 Å². The molecule has 1 rings (SSSR count). The van der Waals surface area contributed by atoms with Crippen molar-refractivity contribution in [2.24, 2.45) is 5.92 Å². The monoisotopic (exact) mass is 267 g/mol. The summed E-state index contributed by atoms with van der Waals surface area (Å²) in [5.74, 6) is 0.141. The van der Waals surface area contributed by atoms with Crippen LogP contribution in [0.1, 0.15) is 39.2 Å². The molecule has 0 bridgehead atoms. The third-order valence-corrected chi connectivity index (χ3v) is 3.46. The number of rotatable bonds is 8. The second kappa shape index (κ2) is 8.28. The highest BCUT2D eigenvalue weighted by Gasteiger charge is 2.09. The minimum Gasteiger partial charge on any atom is -0.393 e. The molecular formula is C16H26FNO. The minimum absolute atomic E-state index is 0.168. The van der Waals surface area contributed by atoms with Crippen LogP contribution in [0.3, 0.4) is 0 Å². The Morgan fingerprint density at radius 3 is 2.58 bits per heavy atom. The van der Waals surface area contributed by atoms with Gasteiger partial charge in [0, 0.05) is 6.04 Å². The summed E-state index contributed by atoms with van der Waals surface area (Å²) in [6, 6.07) is 7.15. The smallest absolute Gasteiger partial charge is 0.123 e. The Kier molecular flexibility index (Phi) is 7.03. The maximum absolute atomic E-state index is 13.0. The summed E-state index contributed by atoms with van der Waals surface area (Å²) in [6.45, 7) is 7.00. The lowest BCUT2D eigenvalue weighted by atomic mass is 10.0. The van der Waals surface area contributed by atoms with E-state index in [-0.39, 0.29) is 11.9 Å². The quantitative estimate of drug-likeness (QED) is 0.758. The molecule has 108 valence electrons. The molecule has 2 nitrogen and oxygen atoms in total. The van der Waals surface area contributed by atoms with Gasteiger partial charge in [0.25, 0.3) is 0 Å². The summed E-state index contributed by atoms with van der Waals surface area (Å²) in [6.07, 6.45) is 2.39. The summed E-state index contributed by atoms with van der Waals surface area (Å²) in [5.41, 5.74) is 1.04. The Bertz CT molecular complexity index is 368. The van der Waals surface area contributed by atoms with Crippen LogP contribution in [0.15, 0.2) is 24.3 Å². The van der Waals surface area contributed by atoms with Gasteiger partial charge >= 0.3 is 0 Å². The Balaban J connectivity index is 2.19. The van der Waals surface area contributed by atoms with Gasteiger partial charge in [-0.1, -0.05) is 26.0 Å². The molecule has 0 saturated heterocycles. The van der Waals surface area contributed by atoms with Gasteiger partial charge in [-0.25, -0.2) is 4.39 Å². The van der Waals surface area contributed by atoms with Crippen LogP contribution in [-0.2, 0) is 6.42 Å². The van der Waals surface area contributed by atoms with Crippen molar-refractivity contribution in [3.05, 3.63) is 35.6 Å². The van der Waals surface area contributed by atoms with Gasteiger partial charge in [0.2, 0.25) is 0 Å². The van der Waals surface area contributed by atoms with E-state index in [4.69, 9.17) is 0 Å². The van der Waals surface area contributed by atoms with Crippen LogP contribution in [0, 0.1) is 11.7 Å². The fourth-order valence-electron chi connectivity index (χ4n) is 1.99. The maximum atomic E-state index is 13.0. The molecule has 0 aliphatic rings. The number of halogens is 1. The molecule has 0 saturated carbocycles. The third kappa shape index (κ3) is 6.69. The molecule has 0 radical (unpaired) electrons. The Morgan fingerprint density at radius 2 is 1.95 bits per heavy atom. The predicted octanol–water partition coefficient (Wildman–Crippen LogP) is 3.14. The largest absolute Gasteiger partial charge is 0.393 e. The lowest BCUT2D eigenvalue weighted by Gasteiger charge is -2.17. The first-order valence-electron chi connectivity index (χ1n) is 7.15. The summed E-state index contributed by atoms with van der Waals surface area (Å²) in [4.78, 5) is 0. The molecule has 0 aliphatic heterocycles. The SMILES string of the molecule is CC(CCc1cccc(F)c1)NCCC(O)C(C)C. The highest BCUT2D eigenvalue weighted by molar-refractivity contribution is 5.16. The molecule has 0 fully saturated rings. The number of hydrogen-bond donors (Lipinski definition) is 2. The lowest BCUT2D eigenvalue weighted by Crippen LogP contribution is -2.30. The maximum Gasteiger partial charge on any atom is 0.123 e. The van der Waals surface area contributed by atoms with E-state index in [0.29, 0.717) is 12.0 Å². The second-order valence-corrected chi connectivity index (χ2v) is 5.62. The van der Waals surface area contributed by atoms with E-state index in [0.717, 1.165) is 31.4 Å². The van der Waals surface area contributed by atoms with Crippen LogP contribution in [-0.4, -0.2) is 23.8 Å². The first kappa shape index (κ1) is 16.1. The van der Waals surface area contributed by atoms with Gasteiger partial charge in [-0.2, -0.15) is 0 Å². The standard InChI is InChI=1S/C16H26FNO/c1-12(2)16(19)9-10-18-13(3)7-8-14-5-4-6-15(17)11-14/h4-6,11-13,16,18-19H,7-10H2,1-3H3. The molecule has 0 aliphatic carbocycles. The number of benzene rings is 1. The van der Waals surface area contributed by atoms with E-state index in [1.54, 1.807) is 12.1 Å². The zero-order valence-corrected chi connectivity index (χ0v) is 12.2. The molecule has 3 heteroatoms. The fraction of sp³-hybridized carbons (Fsp3) is 0.625. The second-order valence-electron chi connectivity index (χ2n) is 5.62. The van der Waals surface area contributed by atoms with Gasteiger partial charge in [-0.05, 0) is 56.3 Å². The molecule has 0 aromatic heterocycles. The molecule has 19 heavy (non-hydrogen) atoms. The number of hydrogen-bond acceptors (Lipinski definition) is 2. The first-order chi connectivity index (χ1) is 8.99. The summed E-state index contributed by atoms with van der Waals surface area (Å²) >= 11 is 0. The molecule has 1 aromatic carbocycles. The Labute approximate surface area is 116 Å². The number of aryl methyl sites for hydroxylation is 1. The predicted molar refractivity (Wildman–Crippen MR) is 77.6 cm³/mol. The first-order valence-corrected chi connectivity index (χ1v) is 7.15. The van der Waals surface area contributed by atoms with Crippen LogP contribution in [0.5, 0.6) is 0 Å². The van der Waals surface area contributed by atoms with Crippen molar-refractivity contribution < 1.29 is 9.50 Å². The Morgan fingerprint density at radius 1 is 1.21 bits per heavy atom. The lowest BCUT2D eigenvalue weighted by molar-refractivity contribution is 0.115. The molecule has 2 unspecified atom stereocenters. The van der Waals surface area contributed by atoms with Crippen molar-refractivity contribution in [2.45, 2.75) is 52.2 Å². The molecule has 0 amide bonds. The van der Waals surface area contributed by atoms with Crippen molar-refractivity contribution in [1.82, 2.24) is 5.32 Å². The average molecular weight is 267 g/mol. The van der Waals surface area contributed by atoms with Gasteiger partial charge in [0.05, 0.1) is 6.10 Å². The van der Waals surface area contributed by atoms with Crippen LogP contribution in [0.25, 0.3) is 0 Å². The molecule has 0 heterocycles. The van der Waals surface area contributed by atoms with Gasteiger partial charge in [-0.3, -0.25) is 0 Å². The third-order valence-electron chi connectivity index (χ3n) is 3.46. The molecule has 2 N–H and O–H groups in total. The van der Waals surface area contributed by atoms with E-state index in [2.05, 4.69) is 12.2 Å². The zero-order valence-electron chi connectivity index (χ0n) is 12.2. The van der Waals surface area contributed by atoms with Crippen LogP contribution >= 0.6 is 0 Å². The highest BCUT2D eigenvalue weighted by Crippen LogP contribution is 2.08. The molecule has 0 spiro atoms. The van der Waals surface area contributed by atoms with E-state index in [1.807, 2.05) is 19.9 Å². The number of aliphatic hydroxyl groups excluding tert-OH is 1. The van der Waals surface area contributed by atoms with Gasteiger partial charge in [0.15, 0.2) is 0 Å². The van der Waals surface area contributed by atoms with E-state index < -0.39 is 0 Å². The Hall–Kier alpha value is -0.930. The van der Waals surface area contributed by atoms with Crippen molar-refractivity contribution in [3.63, 3.8) is 0 Å². The molecule has 2 atom stereocenters. The molecular weight excluding hydrogens is 241 g/mol. The summed E-state index contributed by atoms with van der Waals surface area (Å²) < 4.78 is 13.0. The topological polar surface area (TPSA) is 32.3 Å². The van der Waals surface area contributed by atoms with Crippen molar-refractivity contribution in [1.29, 1.82) is 0 Å². The van der Waals surface area contributed by atoms with Crippen LogP contribution in [0.4, 0.5) is 4.39 Å². The van der Waals surface area contributed by atoms with Crippen LogP contribution < -0.4 is 5.32 Å². The van der Waals surface area contributed by atoms with Gasteiger partial charge in [-0.15, -0.1) is 0 Å². The molecule has 1 aromatic rings. The summed E-state index contributed by atoms with van der Waals surface area (Å²) in [7, 11) is 0. The average Bonchev–Trinajstić information content (AvgIpc) is 2.36. The van der Waals surface area contributed by atoms with E-state index in [1.165, 1.54) is 6.07 Å². The summed E-state index contributed by atoms with van der Waals surface area (Å²) in [5, 5.41) is 13.1. The van der Waals surface area contributed by atoms with E-state index in [9.17, 15) is 9.50 Å².